The largest absolute Gasteiger partial charge is 0.396 e. The monoisotopic (exact) mass is 157 g/mol. The molecule has 3 heteroatoms. The Bertz CT molecular complexity index is 140. The average Bonchev–Trinajstić information content (AvgIpc) is 2.08. The van der Waals surface area contributed by atoms with Crippen LogP contribution in [0, 0.1) is 5.41 Å². The van der Waals surface area contributed by atoms with Gasteiger partial charge in [-0.3, -0.25) is 0 Å². The molecule has 0 amide bonds. The molecule has 2 atom stereocenters. The fourth-order valence-electron chi connectivity index (χ4n) is 2.48. The summed E-state index contributed by atoms with van der Waals surface area (Å²) in [5, 5.41) is 21.6. The van der Waals surface area contributed by atoms with Crippen LogP contribution < -0.4 is 5.32 Å². The molecule has 3 fully saturated rings. The zero-order valence-electron chi connectivity index (χ0n) is 6.58. The van der Waals surface area contributed by atoms with Crippen molar-refractivity contribution in [1.29, 1.82) is 0 Å². The van der Waals surface area contributed by atoms with Crippen LogP contribution in [0.15, 0.2) is 0 Å². The van der Waals surface area contributed by atoms with Crippen LogP contribution in [0.1, 0.15) is 19.3 Å². The number of hydrogen-bond acceptors (Lipinski definition) is 3. The minimum atomic E-state index is -0.182. The topological polar surface area (TPSA) is 52.5 Å². The summed E-state index contributed by atoms with van der Waals surface area (Å²) >= 11 is 0. The predicted molar refractivity (Wildman–Crippen MR) is 41.2 cm³/mol. The van der Waals surface area contributed by atoms with Gasteiger partial charge in [0.1, 0.15) is 0 Å². The molecule has 1 saturated carbocycles. The van der Waals surface area contributed by atoms with Gasteiger partial charge in [0, 0.05) is 17.5 Å². The number of aliphatic hydroxyl groups is 2. The van der Waals surface area contributed by atoms with Crippen molar-refractivity contribution in [2.45, 2.75) is 31.3 Å². The highest BCUT2D eigenvalue weighted by Gasteiger charge is 2.55. The van der Waals surface area contributed by atoms with E-state index in [2.05, 4.69) is 5.32 Å². The highest BCUT2D eigenvalue weighted by molar-refractivity contribution is 5.11. The van der Waals surface area contributed by atoms with E-state index in [1.54, 1.807) is 0 Å². The molecular weight excluding hydrogens is 142 g/mol. The molecule has 64 valence electrons. The van der Waals surface area contributed by atoms with E-state index in [0.29, 0.717) is 12.1 Å². The third-order valence-electron chi connectivity index (χ3n) is 3.36. The molecule has 1 aliphatic carbocycles. The first-order valence-corrected chi connectivity index (χ1v) is 4.31. The smallest absolute Gasteiger partial charge is 0.0539 e. The Morgan fingerprint density at radius 1 is 1.18 bits per heavy atom. The van der Waals surface area contributed by atoms with Gasteiger partial charge in [0.15, 0.2) is 0 Å². The standard InChI is InChI=1S/C8H15NO2/c10-4-8(5-11)6-2-1-3-7(8)9-6/h6-7,9-11H,1-5H2. The van der Waals surface area contributed by atoms with Gasteiger partial charge in [0.2, 0.25) is 0 Å². The van der Waals surface area contributed by atoms with Crippen LogP contribution in [0.3, 0.4) is 0 Å². The van der Waals surface area contributed by atoms with E-state index in [1.165, 1.54) is 6.42 Å². The van der Waals surface area contributed by atoms with Crippen molar-refractivity contribution in [3.8, 4) is 0 Å². The fraction of sp³-hybridized carbons (Fsp3) is 1.00. The van der Waals surface area contributed by atoms with Crippen molar-refractivity contribution in [3.63, 3.8) is 0 Å². The van der Waals surface area contributed by atoms with Crippen LogP contribution in [0.25, 0.3) is 0 Å². The molecule has 3 N–H and O–H groups in total. The van der Waals surface area contributed by atoms with E-state index in [-0.39, 0.29) is 18.6 Å². The van der Waals surface area contributed by atoms with Crippen molar-refractivity contribution >= 4 is 0 Å². The second-order valence-corrected chi connectivity index (χ2v) is 3.75. The van der Waals surface area contributed by atoms with Crippen molar-refractivity contribution in [2.75, 3.05) is 13.2 Å². The summed E-state index contributed by atoms with van der Waals surface area (Å²) in [4.78, 5) is 0. The van der Waals surface area contributed by atoms with E-state index in [4.69, 9.17) is 10.2 Å². The van der Waals surface area contributed by atoms with Crippen LogP contribution >= 0.6 is 0 Å². The predicted octanol–water partition coefficient (Wildman–Crippen LogP) is -0.518. The Morgan fingerprint density at radius 3 is 2.00 bits per heavy atom. The maximum atomic E-state index is 9.14. The molecule has 3 rings (SSSR count). The fourth-order valence-corrected chi connectivity index (χ4v) is 2.48. The number of hydrogen-bond donors (Lipinski definition) is 3. The second-order valence-electron chi connectivity index (χ2n) is 3.75. The van der Waals surface area contributed by atoms with Crippen molar-refractivity contribution in [2.24, 2.45) is 5.41 Å². The highest BCUT2D eigenvalue weighted by Crippen LogP contribution is 2.44. The summed E-state index contributed by atoms with van der Waals surface area (Å²) in [6.07, 6.45) is 3.46. The van der Waals surface area contributed by atoms with Gasteiger partial charge in [-0.25, -0.2) is 0 Å². The zero-order valence-corrected chi connectivity index (χ0v) is 6.58. The quantitative estimate of drug-likeness (QED) is 0.505. The Labute approximate surface area is 66.4 Å². The van der Waals surface area contributed by atoms with Gasteiger partial charge in [-0.1, -0.05) is 6.42 Å². The van der Waals surface area contributed by atoms with Crippen LogP contribution in [-0.4, -0.2) is 35.5 Å². The molecule has 0 aromatic heterocycles. The summed E-state index contributed by atoms with van der Waals surface area (Å²) < 4.78 is 0. The van der Waals surface area contributed by atoms with Crippen LogP contribution in [0.4, 0.5) is 0 Å². The van der Waals surface area contributed by atoms with Gasteiger partial charge in [0.05, 0.1) is 13.2 Å². The van der Waals surface area contributed by atoms with Crippen molar-refractivity contribution in [3.05, 3.63) is 0 Å². The van der Waals surface area contributed by atoms with E-state index in [1.807, 2.05) is 0 Å². The van der Waals surface area contributed by atoms with Crippen molar-refractivity contribution < 1.29 is 10.2 Å². The van der Waals surface area contributed by atoms with E-state index in [9.17, 15) is 0 Å². The minimum Gasteiger partial charge on any atom is -0.396 e. The lowest BCUT2D eigenvalue weighted by atomic mass is 9.61. The molecular formula is C8H15NO2. The summed E-state index contributed by atoms with van der Waals surface area (Å²) in [5.74, 6) is 0. The summed E-state index contributed by atoms with van der Waals surface area (Å²) in [5.41, 5.74) is -0.182. The number of piperidine rings is 1. The first kappa shape index (κ1) is 7.53. The Hall–Kier alpha value is -0.120. The number of rotatable bonds is 2. The van der Waals surface area contributed by atoms with E-state index >= 15 is 0 Å². The third-order valence-corrected chi connectivity index (χ3v) is 3.36. The molecule has 2 unspecified atom stereocenters. The molecule has 2 aliphatic heterocycles. The third kappa shape index (κ3) is 0.789. The molecule has 0 radical (unpaired) electrons. The van der Waals surface area contributed by atoms with Crippen LogP contribution in [0.2, 0.25) is 0 Å². The Morgan fingerprint density at radius 2 is 1.73 bits per heavy atom. The van der Waals surface area contributed by atoms with Gasteiger partial charge in [-0.2, -0.15) is 0 Å². The second kappa shape index (κ2) is 2.44. The van der Waals surface area contributed by atoms with Gasteiger partial charge in [0.25, 0.3) is 0 Å². The van der Waals surface area contributed by atoms with Crippen molar-refractivity contribution in [1.82, 2.24) is 5.32 Å². The maximum Gasteiger partial charge on any atom is 0.0539 e. The van der Waals surface area contributed by atoms with E-state index in [0.717, 1.165) is 12.8 Å². The summed E-state index contributed by atoms with van der Waals surface area (Å²) in [7, 11) is 0. The molecule has 0 aromatic carbocycles. The SMILES string of the molecule is OCC1(CO)C2CCCC1N2. The molecule has 0 aromatic rings. The molecule has 2 heterocycles. The van der Waals surface area contributed by atoms with Gasteiger partial charge in [-0.05, 0) is 12.8 Å². The number of aliphatic hydroxyl groups excluding tert-OH is 2. The zero-order chi connectivity index (χ0) is 7.90. The number of fused-ring (bicyclic) bond motifs is 2. The Balaban J connectivity index is 2.12. The van der Waals surface area contributed by atoms with Crippen LogP contribution in [0.5, 0.6) is 0 Å². The molecule has 0 spiro atoms. The van der Waals surface area contributed by atoms with Gasteiger partial charge >= 0.3 is 0 Å². The normalized spacial score (nSPS) is 39.8. The lowest BCUT2D eigenvalue weighted by Crippen LogP contribution is -2.75. The molecule has 3 aliphatic rings. The average molecular weight is 157 g/mol. The summed E-state index contributed by atoms with van der Waals surface area (Å²) in [6, 6.07) is 0.743. The van der Waals surface area contributed by atoms with Gasteiger partial charge < -0.3 is 15.5 Å². The first-order chi connectivity index (χ1) is 5.33. The Kier molecular flexibility index (Phi) is 1.67. The molecule has 11 heavy (non-hydrogen) atoms. The minimum absolute atomic E-state index is 0.131. The maximum absolute atomic E-state index is 9.14. The first-order valence-electron chi connectivity index (χ1n) is 4.31. The number of nitrogens with one attached hydrogen (secondary N) is 1. The lowest BCUT2D eigenvalue weighted by molar-refractivity contribution is -0.103. The lowest BCUT2D eigenvalue weighted by Gasteiger charge is -2.59. The summed E-state index contributed by atoms with van der Waals surface area (Å²) in [6.45, 7) is 0.262. The molecule has 2 saturated heterocycles. The molecule has 3 nitrogen and oxygen atoms in total. The highest BCUT2D eigenvalue weighted by atomic mass is 16.3. The van der Waals surface area contributed by atoms with Crippen LogP contribution in [-0.2, 0) is 0 Å². The van der Waals surface area contributed by atoms with E-state index < -0.39 is 0 Å². The molecule has 2 bridgehead atoms. The van der Waals surface area contributed by atoms with Gasteiger partial charge in [-0.15, -0.1) is 0 Å².